The second kappa shape index (κ2) is 10.1. The molecule has 0 radical (unpaired) electrons. The molecule has 1 fully saturated rings. The lowest BCUT2D eigenvalue weighted by Gasteiger charge is -2.24. The highest BCUT2D eigenvalue weighted by atomic mass is 79.9. The van der Waals surface area contributed by atoms with E-state index in [-0.39, 0.29) is 29.2 Å². The number of halogens is 1. The zero-order valence-corrected chi connectivity index (χ0v) is 18.8. The Balaban J connectivity index is 1.75. The Bertz CT molecular complexity index is 893. The first kappa shape index (κ1) is 22.3. The van der Waals surface area contributed by atoms with Gasteiger partial charge in [0.25, 0.3) is 0 Å². The molecule has 1 saturated heterocycles. The van der Waals surface area contributed by atoms with Crippen molar-refractivity contribution >= 4 is 39.8 Å². The lowest BCUT2D eigenvalue weighted by atomic mass is 9.90. The van der Waals surface area contributed by atoms with Crippen LogP contribution in [0.15, 0.2) is 35.9 Å². The number of fused-ring (bicyclic) bond motifs is 1. The van der Waals surface area contributed by atoms with Gasteiger partial charge in [-0.25, -0.2) is 4.79 Å². The maximum absolute atomic E-state index is 13.0. The van der Waals surface area contributed by atoms with Gasteiger partial charge in [-0.1, -0.05) is 45.8 Å². The number of carbonyl (C=O) groups excluding carboxylic acids is 3. The smallest absolute Gasteiger partial charge is 0.330 e. The van der Waals surface area contributed by atoms with Crippen LogP contribution in [0.2, 0.25) is 0 Å². The highest BCUT2D eigenvalue weighted by Gasteiger charge is 2.29. The molecule has 7 heteroatoms. The van der Waals surface area contributed by atoms with Crippen LogP contribution in [-0.2, 0) is 19.1 Å². The minimum atomic E-state index is -0.464. The van der Waals surface area contributed by atoms with E-state index in [0.29, 0.717) is 25.0 Å². The summed E-state index contributed by atoms with van der Waals surface area (Å²) in [6.45, 7) is 4.70. The molecule has 2 amide bonds. The van der Waals surface area contributed by atoms with E-state index in [1.165, 1.54) is 17.2 Å². The van der Waals surface area contributed by atoms with Crippen LogP contribution in [0.1, 0.15) is 47.7 Å². The second-order valence-electron chi connectivity index (χ2n) is 7.68. The first-order chi connectivity index (χ1) is 14.4. The zero-order chi connectivity index (χ0) is 21.7. The van der Waals surface area contributed by atoms with Crippen molar-refractivity contribution in [2.45, 2.75) is 44.0 Å². The topological polar surface area (TPSA) is 84.5 Å². The Morgan fingerprint density at radius 2 is 2.20 bits per heavy atom. The number of carbonyl (C=O) groups is 3. The van der Waals surface area contributed by atoms with Crippen molar-refractivity contribution in [3.05, 3.63) is 52.6 Å². The summed E-state index contributed by atoms with van der Waals surface area (Å²) in [4.78, 5) is 36.8. The first-order valence-electron chi connectivity index (χ1n) is 10.3. The van der Waals surface area contributed by atoms with Gasteiger partial charge in [0, 0.05) is 35.0 Å². The number of hydrogen-bond donors (Lipinski definition) is 2. The molecule has 1 aliphatic heterocycles. The number of esters is 1. The van der Waals surface area contributed by atoms with Crippen LogP contribution in [0.25, 0.3) is 6.08 Å². The molecule has 1 aliphatic carbocycles. The van der Waals surface area contributed by atoms with Crippen LogP contribution in [0, 0.1) is 12.8 Å². The van der Waals surface area contributed by atoms with Gasteiger partial charge in [0.15, 0.2) is 0 Å². The molecule has 0 saturated carbocycles. The van der Waals surface area contributed by atoms with Crippen LogP contribution in [0.4, 0.5) is 0 Å². The van der Waals surface area contributed by atoms with Gasteiger partial charge in [0.05, 0.1) is 6.61 Å². The number of rotatable bonds is 7. The molecule has 0 aromatic heterocycles. The lowest BCUT2D eigenvalue weighted by molar-refractivity contribution is -0.137. The maximum Gasteiger partial charge on any atom is 0.330 e. The summed E-state index contributed by atoms with van der Waals surface area (Å²) in [5.74, 6) is -0.854. The molecule has 1 aromatic rings. The number of benzene rings is 1. The Morgan fingerprint density at radius 3 is 2.90 bits per heavy atom. The molecule has 2 aliphatic rings. The van der Waals surface area contributed by atoms with E-state index in [0.717, 1.165) is 12.0 Å². The summed E-state index contributed by atoms with van der Waals surface area (Å²) in [6.07, 6.45) is 6.58. The fourth-order valence-corrected chi connectivity index (χ4v) is 4.56. The van der Waals surface area contributed by atoms with E-state index in [1.807, 2.05) is 25.1 Å². The Kier molecular flexibility index (Phi) is 7.48. The van der Waals surface area contributed by atoms with Gasteiger partial charge in [-0.3, -0.25) is 9.59 Å². The second-order valence-corrected chi connectivity index (χ2v) is 8.78. The fraction of sp³-hybridized carbons (Fsp3) is 0.435. The molecular weight excluding hydrogens is 448 g/mol. The molecule has 3 atom stereocenters. The van der Waals surface area contributed by atoms with Crippen LogP contribution in [-0.4, -0.2) is 37.0 Å². The third-order valence-electron chi connectivity index (χ3n) is 5.37. The monoisotopic (exact) mass is 474 g/mol. The SMILES string of the molecule is CCOC(=O)/C=C/C(CC1CCNC1=O)NC(=O)C1=Cc2ccc(C)cc2C(Br)C1. The van der Waals surface area contributed by atoms with Crippen molar-refractivity contribution in [2.24, 2.45) is 5.92 Å². The molecule has 0 bridgehead atoms. The average molecular weight is 475 g/mol. The van der Waals surface area contributed by atoms with Gasteiger partial charge in [0.2, 0.25) is 11.8 Å². The quantitative estimate of drug-likeness (QED) is 0.360. The van der Waals surface area contributed by atoms with E-state index < -0.39 is 12.0 Å². The highest BCUT2D eigenvalue weighted by Crippen LogP contribution is 2.38. The van der Waals surface area contributed by atoms with Gasteiger partial charge in [-0.15, -0.1) is 0 Å². The summed E-state index contributed by atoms with van der Waals surface area (Å²) >= 11 is 3.69. The van der Waals surface area contributed by atoms with Crippen molar-refractivity contribution in [3.8, 4) is 0 Å². The predicted octanol–water partition coefficient (Wildman–Crippen LogP) is 3.35. The Morgan fingerprint density at radius 1 is 1.40 bits per heavy atom. The van der Waals surface area contributed by atoms with E-state index in [4.69, 9.17) is 4.74 Å². The third kappa shape index (κ3) is 5.59. The fourth-order valence-electron chi connectivity index (χ4n) is 3.81. The van der Waals surface area contributed by atoms with E-state index in [2.05, 4.69) is 32.6 Å². The van der Waals surface area contributed by atoms with Crippen LogP contribution in [0.3, 0.4) is 0 Å². The number of ether oxygens (including phenoxy) is 1. The van der Waals surface area contributed by atoms with Crippen molar-refractivity contribution in [1.82, 2.24) is 10.6 Å². The highest BCUT2D eigenvalue weighted by molar-refractivity contribution is 9.09. The van der Waals surface area contributed by atoms with Crippen LogP contribution < -0.4 is 10.6 Å². The van der Waals surface area contributed by atoms with Crippen molar-refractivity contribution in [1.29, 1.82) is 0 Å². The van der Waals surface area contributed by atoms with Crippen molar-refractivity contribution in [2.75, 3.05) is 13.2 Å². The maximum atomic E-state index is 13.0. The van der Waals surface area contributed by atoms with Crippen LogP contribution in [0.5, 0.6) is 0 Å². The lowest BCUT2D eigenvalue weighted by Crippen LogP contribution is -2.37. The van der Waals surface area contributed by atoms with Crippen LogP contribution >= 0.6 is 15.9 Å². The Labute approximate surface area is 185 Å². The van der Waals surface area contributed by atoms with Crippen molar-refractivity contribution in [3.63, 3.8) is 0 Å². The average Bonchev–Trinajstić information content (AvgIpc) is 3.11. The molecule has 3 rings (SSSR count). The molecule has 3 unspecified atom stereocenters. The summed E-state index contributed by atoms with van der Waals surface area (Å²) in [5, 5.41) is 5.80. The molecular formula is C23H27BrN2O4. The minimum Gasteiger partial charge on any atom is -0.463 e. The molecule has 160 valence electrons. The first-order valence-corrected chi connectivity index (χ1v) is 11.2. The van der Waals surface area contributed by atoms with E-state index in [1.54, 1.807) is 13.0 Å². The van der Waals surface area contributed by atoms with Gasteiger partial charge >= 0.3 is 5.97 Å². The molecule has 0 spiro atoms. The Hall–Kier alpha value is -2.41. The van der Waals surface area contributed by atoms with Gasteiger partial charge in [-0.05, 0) is 50.3 Å². The summed E-state index contributed by atoms with van der Waals surface area (Å²) in [6, 6.07) is 5.74. The number of hydrogen-bond acceptors (Lipinski definition) is 4. The molecule has 1 heterocycles. The van der Waals surface area contributed by atoms with Crippen molar-refractivity contribution < 1.29 is 19.1 Å². The summed E-state index contributed by atoms with van der Waals surface area (Å²) < 4.78 is 4.93. The zero-order valence-electron chi connectivity index (χ0n) is 17.2. The number of aryl methyl sites for hydroxylation is 1. The minimum absolute atomic E-state index is 0.0134. The number of alkyl halides is 1. The largest absolute Gasteiger partial charge is 0.463 e. The van der Waals surface area contributed by atoms with Gasteiger partial charge in [0.1, 0.15) is 0 Å². The van der Waals surface area contributed by atoms with Gasteiger partial charge in [-0.2, -0.15) is 0 Å². The van der Waals surface area contributed by atoms with E-state index >= 15 is 0 Å². The molecule has 1 aromatic carbocycles. The third-order valence-corrected chi connectivity index (χ3v) is 6.19. The predicted molar refractivity (Wildman–Crippen MR) is 119 cm³/mol. The standard InChI is InChI=1S/C23H27BrN2O4/c1-3-30-21(27)7-6-18(12-16-8-9-25-22(16)28)26-23(29)17-11-15-5-4-14(2)10-19(15)20(24)13-17/h4-7,10-11,16,18,20H,3,8-9,12-13H2,1-2H3,(H,25,28)(H,26,29)/b7-6+. The normalized spacial score (nSPS) is 21.6. The molecule has 2 N–H and O–H groups in total. The van der Waals surface area contributed by atoms with Gasteiger partial charge < -0.3 is 15.4 Å². The summed E-state index contributed by atoms with van der Waals surface area (Å²) in [5.41, 5.74) is 4.04. The summed E-state index contributed by atoms with van der Waals surface area (Å²) in [7, 11) is 0. The number of amides is 2. The van der Waals surface area contributed by atoms with E-state index in [9.17, 15) is 14.4 Å². The number of nitrogens with one attached hydrogen (secondary N) is 2. The molecule has 30 heavy (non-hydrogen) atoms. The molecule has 6 nitrogen and oxygen atoms in total.